The molecular weight excluding hydrogens is 554 g/mol. The average molecular weight is 573 g/mol. The van der Waals surface area contributed by atoms with E-state index in [0.29, 0.717) is 36.5 Å². The van der Waals surface area contributed by atoms with E-state index < -0.39 is 0 Å². The van der Waals surface area contributed by atoms with Gasteiger partial charge in [0.05, 0.1) is 26.3 Å². The molecule has 1 aliphatic heterocycles. The van der Waals surface area contributed by atoms with Gasteiger partial charge in [-0.05, 0) is 65.9 Å². The van der Waals surface area contributed by atoms with E-state index in [1.54, 1.807) is 47.0 Å². The summed E-state index contributed by atoms with van der Waals surface area (Å²) in [7, 11) is 0. The maximum absolute atomic E-state index is 13.9. The average Bonchev–Trinajstić information content (AvgIpc) is 3.54. The molecule has 0 saturated carbocycles. The fraction of sp³-hybridized carbons (Fsp3) is 0.0968. The van der Waals surface area contributed by atoms with Gasteiger partial charge in [0.2, 0.25) is 0 Å². The lowest BCUT2D eigenvalue weighted by Crippen LogP contribution is -2.38. The minimum Gasteiger partial charge on any atom is -0.457 e. The van der Waals surface area contributed by atoms with Crippen LogP contribution in [0.2, 0.25) is 10.0 Å². The normalized spacial score (nSPS) is 16.5. The van der Waals surface area contributed by atoms with Gasteiger partial charge in [-0.15, -0.1) is 0 Å². The number of hydrogen-bond donors (Lipinski definition) is 0. The van der Waals surface area contributed by atoms with Crippen LogP contribution in [0.1, 0.15) is 34.9 Å². The molecule has 0 bridgehead atoms. The molecule has 0 radical (unpaired) electrons. The molecule has 0 amide bonds. The standard InChI is InChI=1S/C31H19Cl2FN2O2S/c32-24-7-3-6-22(27(24)33)25-15-13-20(38-25)16-26-30(37)36-29(18-8-11-19(34)12-9-18)23-14-10-17-4-1-2-5-21(17)28(23)35-31(36)39-26/h1-9,11-13,15-16,29H,10,14H2/b26-16+/t29-/m1/s1. The summed E-state index contributed by atoms with van der Waals surface area (Å²) in [4.78, 5) is 19.5. The number of hydrogen-bond acceptors (Lipinski definition) is 4. The first-order valence-corrected chi connectivity index (χ1v) is 14.0. The number of allylic oxidation sites excluding steroid dienone is 1. The van der Waals surface area contributed by atoms with Crippen LogP contribution in [-0.4, -0.2) is 4.57 Å². The van der Waals surface area contributed by atoms with E-state index in [4.69, 9.17) is 32.6 Å². The predicted octanol–water partition coefficient (Wildman–Crippen LogP) is 7.02. The van der Waals surface area contributed by atoms with Gasteiger partial charge in [0, 0.05) is 17.2 Å². The molecule has 4 nitrogen and oxygen atoms in total. The zero-order valence-electron chi connectivity index (χ0n) is 20.3. The third-order valence-corrected chi connectivity index (χ3v) is 8.98. The zero-order chi connectivity index (χ0) is 26.7. The fourth-order valence-corrected chi connectivity index (χ4v) is 6.74. The Morgan fingerprint density at radius 1 is 0.949 bits per heavy atom. The van der Waals surface area contributed by atoms with Gasteiger partial charge in [-0.2, -0.15) is 0 Å². The maximum Gasteiger partial charge on any atom is 0.271 e. The number of nitrogens with zero attached hydrogens (tertiary/aromatic N) is 2. The Bertz CT molecular complexity index is 1990. The number of aryl methyl sites for hydroxylation is 1. The van der Waals surface area contributed by atoms with E-state index >= 15 is 0 Å². The van der Waals surface area contributed by atoms with Gasteiger partial charge >= 0.3 is 0 Å². The molecule has 0 fully saturated rings. The van der Waals surface area contributed by atoms with Gasteiger partial charge in [-0.3, -0.25) is 9.36 Å². The lowest BCUT2D eigenvalue weighted by atomic mass is 9.83. The van der Waals surface area contributed by atoms with Crippen molar-refractivity contribution < 1.29 is 8.81 Å². The number of halogens is 3. The zero-order valence-corrected chi connectivity index (χ0v) is 22.7. The maximum atomic E-state index is 13.9. The summed E-state index contributed by atoms with van der Waals surface area (Å²) in [5.74, 6) is 0.749. The summed E-state index contributed by atoms with van der Waals surface area (Å²) in [6.07, 6.45) is 3.35. The summed E-state index contributed by atoms with van der Waals surface area (Å²) in [6.45, 7) is 0. The van der Waals surface area contributed by atoms with Crippen LogP contribution in [0.15, 0.2) is 98.6 Å². The van der Waals surface area contributed by atoms with Crippen molar-refractivity contribution in [2.45, 2.75) is 18.9 Å². The highest BCUT2D eigenvalue weighted by Gasteiger charge is 2.32. The summed E-state index contributed by atoms with van der Waals surface area (Å²) in [5, 5.41) is 0.844. The molecule has 3 aromatic carbocycles. The monoisotopic (exact) mass is 572 g/mol. The van der Waals surface area contributed by atoms with Crippen molar-refractivity contribution in [2.24, 2.45) is 4.99 Å². The van der Waals surface area contributed by atoms with E-state index in [0.717, 1.165) is 35.2 Å². The minimum absolute atomic E-state index is 0.169. The van der Waals surface area contributed by atoms with E-state index in [2.05, 4.69) is 12.1 Å². The molecule has 0 saturated heterocycles. The molecule has 2 aromatic heterocycles. The van der Waals surface area contributed by atoms with Crippen LogP contribution < -0.4 is 14.9 Å². The number of thiazole rings is 1. The van der Waals surface area contributed by atoms with E-state index in [9.17, 15) is 9.18 Å². The van der Waals surface area contributed by atoms with E-state index in [-0.39, 0.29) is 17.4 Å². The number of benzene rings is 3. The van der Waals surface area contributed by atoms with Crippen LogP contribution >= 0.6 is 34.5 Å². The van der Waals surface area contributed by atoms with Gasteiger partial charge in [-0.1, -0.05) is 77.0 Å². The van der Waals surface area contributed by atoms with Crippen LogP contribution in [-0.2, 0) is 6.42 Å². The lowest BCUT2D eigenvalue weighted by molar-refractivity contribution is 0.570. The first-order valence-electron chi connectivity index (χ1n) is 12.4. The number of furan rings is 1. The number of fused-ring (bicyclic) bond motifs is 3. The van der Waals surface area contributed by atoms with E-state index in [1.807, 2.05) is 18.2 Å². The molecule has 3 heterocycles. The Balaban J connectivity index is 1.40. The molecule has 0 N–H and O–H groups in total. The summed E-state index contributed by atoms with van der Waals surface area (Å²) in [5.41, 5.74) is 5.63. The summed E-state index contributed by atoms with van der Waals surface area (Å²) < 4.78 is 22.1. The number of aromatic nitrogens is 1. The highest BCUT2D eigenvalue weighted by atomic mass is 35.5. The minimum atomic E-state index is -0.371. The molecule has 7 rings (SSSR count). The Morgan fingerprint density at radius 2 is 1.74 bits per heavy atom. The second-order valence-electron chi connectivity index (χ2n) is 9.47. The highest BCUT2D eigenvalue weighted by molar-refractivity contribution is 7.07. The van der Waals surface area contributed by atoms with Crippen molar-refractivity contribution in [2.75, 3.05) is 0 Å². The predicted molar refractivity (Wildman–Crippen MR) is 153 cm³/mol. The molecule has 8 heteroatoms. The fourth-order valence-electron chi connectivity index (χ4n) is 5.37. The first-order chi connectivity index (χ1) is 19.0. The molecule has 1 aliphatic carbocycles. The van der Waals surface area contributed by atoms with Gasteiger partial charge in [0.1, 0.15) is 17.3 Å². The van der Waals surface area contributed by atoms with Crippen molar-refractivity contribution in [3.63, 3.8) is 0 Å². The van der Waals surface area contributed by atoms with Gasteiger partial charge in [0.25, 0.3) is 5.56 Å². The molecule has 2 aliphatic rings. The van der Waals surface area contributed by atoms with Gasteiger partial charge < -0.3 is 4.42 Å². The third-order valence-electron chi connectivity index (χ3n) is 7.18. The Kier molecular flexibility index (Phi) is 5.92. The van der Waals surface area contributed by atoms with E-state index in [1.165, 1.54) is 29.0 Å². The summed E-state index contributed by atoms with van der Waals surface area (Å²) in [6, 6.07) is 23.2. The number of rotatable bonds is 3. The largest absolute Gasteiger partial charge is 0.457 e. The SMILES string of the molecule is O=c1/c(=C\c2ccc(-c3cccc(Cl)c3Cl)o2)sc2n1[C@H](c1ccc(F)cc1)C1=C(N=2)c2ccccc2CC1. The Morgan fingerprint density at radius 3 is 2.59 bits per heavy atom. The molecule has 1 atom stereocenters. The second-order valence-corrected chi connectivity index (χ2v) is 11.3. The molecule has 0 unspecified atom stereocenters. The third kappa shape index (κ3) is 4.11. The van der Waals surface area contributed by atoms with Crippen LogP contribution in [0, 0.1) is 5.82 Å². The molecule has 0 spiro atoms. The topological polar surface area (TPSA) is 47.5 Å². The van der Waals surface area contributed by atoms with Gasteiger partial charge in [-0.25, -0.2) is 9.38 Å². The van der Waals surface area contributed by atoms with Crippen molar-refractivity contribution in [3.05, 3.63) is 142 Å². The second kappa shape index (κ2) is 9.49. The summed E-state index contributed by atoms with van der Waals surface area (Å²) >= 11 is 13.9. The van der Waals surface area contributed by atoms with Crippen molar-refractivity contribution >= 4 is 46.3 Å². The Hall–Kier alpha value is -3.71. The van der Waals surface area contributed by atoms with Crippen molar-refractivity contribution in [1.29, 1.82) is 0 Å². The Labute approximate surface area is 236 Å². The smallest absolute Gasteiger partial charge is 0.271 e. The van der Waals surface area contributed by atoms with Crippen molar-refractivity contribution in [3.8, 4) is 11.3 Å². The van der Waals surface area contributed by atoms with Crippen LogP contribution in [0.25, 0.3) is 23.1 Å². The molecule has 5 aromatic rings. The first kappa shape index (κ1) is 24.3. The van der Waals surface area contributed by atoms with Crippen LogP contribution in [0.4, 0.5) is 4.39 Å². The lowest BCUT2D eigenvalue weighted by Gasteiger charge is -2.30. The van der Waals surface area contributed by atoms with Crippen LogP contribution in [0.5, 0.6) is 0 Å². The molecule has 192 valence electrons. The molecule has 39 heavy (non-hydrogen) atoms. The van der Waals surface area contributed by atoms with Crippen molar-refractivity contribution in [1.82, 2.24) is 4.57 Å². The molecular formula is C31H19Cl2FN2O2S. The van der Waals surface area contributed by atoms with Gasteiger partial charge in [0.15, 0.2) is 4.80 Å². The quantitative estimate of drug-likeness (QED) is 0.233. The highest BCUT2D eigenvalue weighted by Crippen LogP contribution is 2.41. The van der Waals surface area contributed by atoms with Crippen LogP contribution in [0.3, 0.4) is 0 Å².